The van der Waals surface area contributed by atoms with Crippen LogP contribution in [0.4, 0.5) is 0 Å². The second-order valence-corrected chi connectivity index (χ2v) is 13.4. The first-order chi connectivity index (χ1) is 19.6. The summed E-state index contributed by atoms with van der Waals surface area (Å²) in [5, 5.41) is 23.9. The maximum atomic E-state index is 14.5. The van der Waals surface area contributed by atoms with Crippen molar-refractivity contribution >= 4 is 23.7 Å². The molecular weight excluding hydrogens is 544 g/mol. The molecule has 0 amide bonds. The SMILES string of the molecule is CCC(C)C(=O)OC1C2(O)C=C3C4=CC(=O)OC(c5ccoc5)C4(C)CCC3C(C)(C2=O)C(C(O)C(=O)OC)C1(C)C. The van der Waals surface area contributed by atoms with Crippen molar-refractivity contribution in [2.24, 2.45) is 34.0 Å². The molecule has 1 aliphatic heterocycles. The molecule has 42 heavy (non-hydrogen) atoms. The minimum Gasteiger partial charge on any atom is -0.472 e. The number of aliphatic hydroxyl groups is 2. The Morgan fingerprint density at radius 2 is 1.86 bits per heavy atom. The van der Waals surface area contributed by atoms with Crippen LogP contribution >= 0.6 is 0 Å². The minimum absolute atomic E-state index is 0.432. The fourth-order valence-electron chi connectivity index (χ4n) is 8.41. The van der Waals surface area contributed by atoms with Gasteiger partial charge in [0.25, 0.3) is 0 Å². The van der Waals surface area contributed by atoms with Crippen LogP contribution in [0.25, 0.3) is 0 Å². The van der Waals surface area contributed by atoms with Gasteiger partial charge in [-0.15, -0.1) is 0 Å². The Morgan fingerprint density at radius 1 is 1.17 bits per heavy atom. The highest BCUT2D eigenvalue weighted by molar-refractivity contribution is 6.00. The second kappa shape index (κ2) is 9.91. The van der Waals surface area contributed by atoms with Crippen molar-refractivity contribution in [1.29, 1.82) is 0 Å². The lowest BCUT2D eigenvalue weighted by Crippen LogP contribution is -2.75. The van der Waals surface area contributed by atoms with Crippen molar-refractivity contribution in [3.63, 3.8) is 0 Å². The predicted molar refractivity (Wildman–Crippen MR) is 147 cm³/mol. The van der Waals surface area contributed by atoms with Crippen LogP contribution < -0.4 is 0 Å². The first-order valence-electron chi connectivity index (χ1n) is 14.5. The number of fused-ring (bicyclic) bond motifs is 6. The van der Waals surface area contributed by atoms with E-state index in [0.717, 1.165) is 7.11 Å². The van der Waals surface area contributed by atoms with Gasteiger partial charge in [-0.2, -0.15) is 0 Å². The van der Waals surface area contributed by atoms with Crippen LogP contribution in [0.5, 0.6) is 0 Å². The Morgan fingerprint density at radius 3 is 2.45 bits per heavy atom. The maximum absolute atomic E-state index is 14.5. The van der Waals surface area contributed by atoms with Crippen molar-refractivity contribution in [2.75, 3.05) is 7.11 Å². The number of ketones is 1. The number of hydrogen-bond donors (Lipinski definition) is 2. The molecular formula is C32H40O10. The number of hydrogen-bond acceptors (Lipinski definition) is 10. The topological polar surface area (TPSA) is 150 Å². The summed E-state index contributed by atoms with van der Waals surface area (Å²) in [5.41, 5.74) is -3.99. The number of methoxy groups -OCH3 is 1. The zero-order valence-electron chi connectivity index (χ0n) is 25.1. The maximum Gasteiger partial charge on any atom is 0.335 e. The van der Waals surface area contributed by atoms with Crippen LogP contribution in [0.2, 0.25) is 0 Å². The average molecular weight is 585 g/mol. The molecule has 9 atom stereocenters. The van der Waals surface area contributed by atoms with Gasteiger partial charge in [0.2, 0.25) is 0 Å². The number of esters is 3. The molecule has 9 unspecified atom stereocenters. The first kappa shape index (κ1) is 30.2. The van der Waals surface area contributed by atoms with E-state index in [1.165, 1.54) is 24.7 Å². The normalized spacial score (nSPS) is 38.1. The number of aliphatic hydroxyl groups excluding tert-OH is 1. The zero-order valence-corrected chi connectivity index (χ0v) is 25.1. The third-order valence-corrected chi connectivity index (χ3v) is 10.7. The molecule has 10 nitrogen and oxygen atoms in total. The van der Waals surface area contributed by atoms with Gasteiger partial charge in [-0.05, 0) is 48.5 Å². The van der Waals surface area contributed by atoms with Gasteiger partial charge >= 0.3 is 17.9 Å². The molecule has 2 bridgehead atoms. The van der Waals surface area contributed by atoms with E-state index < -0.39 is 81.6 Å². The Kier molecular flexibility index (Phi) is 7.13. The predicted octanol–water partition coefficient (Wildman–Crippen LogP) is 3.61. The summed E-state index contributed by atoms with van der Waals surface area (Å²) >= 11 is 0. The summed E-state index contributed by atoms with van der Waals surface area (Å²) in [6.45, 7) is 10.5. The molecule has 228 valence electrons. The van der Waals surface area contributed by atoms with Crippen molar-refractivity contribution in [3.8, 4) is 0 Å². The summed E-state index contributed by atoms with van der Waals surface area (Å²) in [5.74, 6) is -4.98. The lowest BCUT2D eigenvalue weighted by atomic mass is 9.40. The number of Topliss-reactive ketones (excluding diaryl/α,β-unsaturated/α-hetero) is 1. The van der Waals surface area contributed by atoms with Gasteiger partial charge in [0.05, 0.1) is 25.6 Å². The molecule has 5 rings (SSSR count). The van der Waals surface area contributed by atoms with Gasteiger partial charge in [-0.3, -0.25) is 9.59 Å². The largest absolute Gasteiger partial charge is 0.472 e. The highest BCUT2D eigenvalue weighted by atomic mass is 16.6. The van der Waals surface area contributed by atoms with Crippen LogP contribution in [0.1, 0.15) is 72.5 Å². The average Bonchev–Trinajstić information content (AvgIpc) is 3.47. The number of rotatable bonds is 6. The highest BCUT2D eigenvalue weighted by Crippen LogP contribution is 2.68. The Hall–Kier alpha value is -3.24. The van der Waals surface area contributed by atoms with Crippen molar-refractivity contribution in [1.82, 2.24) is 0 Å². The molecule has 0 saturated heterocycles. The number of furan rings is 1. The molecule has 2 saturated carbocycles. The number of cyclic esters (lactones) is 1. The molecule has 2 N–H and O–H groups in total. The van der Waals surface area contributed by atoms with Crippen LogP contribution in [-0.2, 0) is 33.4 Å². The second-order valence-electron chi connectivity index (χ2n) is 13.4. The minimum atomic E-state index is -2.30. The molecule has 0 aromatic carbocycles. The zero-order chi connectivity index (χ0) is 31.0. The van der Waals surface area contributed by atoms with Gasteiger partial charge in [-0.25, -0.2) is 9.59 Å². The number of allylic oxidation sites excluding steroid dienone is 1. The fraction of sp³-hybridized carbons (Fsp3) is 0.625. The van der Waals surface area contributed by atoms with Gasteiger partial charge in [0.1, 0.15) is 12.2 Å². The van der Waals surface area contributed by atoms with E-state index in [-0.39, 0.29) is 0 Å². The Bertz CT molecular complexity index is 1370. The summed E-state index contributed by atoms with van der Waals surface area (Å²) in [4.78, 5) is 53.6. The molecule has 10 heteroatoms. The molecule has 0 radical (unpaired) electrons. The fourth-order valence-corrected chi connectivity index (χ4v) is 8.41. The molecule has 2 fully saturated rings. The standard InChI is InChI=1S/C32H40O10/c1-8-16(2)25(35)42-28-29(3,4)23(22(34)26(36)39-7)31(6)19-9-11-30(5)20(18(19)14-32(28,38)27(31)37)13-21(33)41-24(30)17-10-12-40-15-17/h10,12-16,19,22-24,28,34,38H,8-9,11H2,1-7H3. The van der Waals surface area contributed by atoms with Gasteiger partial charge in [0, 0.05) is 33.8 Å². The van der Waals surface area contributed by atoms with E-state index in [1.54, 1.807) is 33.8 Å². The van der Waals surface area contributed by atoms with E-state index in [2.05, 4.69) is 0 Å². The van der Waals surface area contributed by atoms with E-state index >= 15 is 0 Å². The van der Waals surface area contributed by atoms with Crippen LogP contribution in [0.3, 0.4) is 0 Å². The molecule has 0 spiro atoms. The summed E-state index contributed by atoms with van der Waals surface area (Å²) in [7, 11) is 1.15. The Balaban J connectivity index is 1.75. The van der Waals surface area contributed by atoms with Gasteiger partial charge < -0.3 is 28.8 Å². The third kappa shape index (κ3) is 3.97. The third-order valence-electron chi connectivity index (χ3n) is 10.7. The van der Waals surface area contributed by atoms with Gasteiger partial charge in [0.15, 0.2) is 17.5 Å². The van der Waals surface area contributed by atoms with Crippen molar-refractivity contribution < 1.29 is 48.0 Å². The molecule has 1 aromatic heterocycles. The van der Waals surface area contributed by atoms with E-state index in [0.29, 0.717) is 36.0 Å². The lowest BCUT2D eigenvalue weighted by molar-refractivity contribution is -0.234. The highest BCUT2D eigenvalue weighted by Gasteiger charge is 2.75. The van der Waals surface area contributed by atoms with Crippen LogP contribution in [-0.4, -0.2) is 58.8 Å². The summed E-state index contributed by atoms with van der Waals surface area (Å²) in [6, 6.07) is 1.73. The number of carbonyl (C=O) groups excluding carboxylic acids is 4. The van der Waals surface area contributed by atoms with Crippen molar-refractivity contribution in [3.05, 3.63) is 47.5 Å². The Labute approximate surface area is 245 Å². The smallest absolute Gasteiger partial charge is 0.335 e. The first-order valence-corrected chi connectivity index (χ1v) is 14.5. The van der Waals surface area contributed by atoms with Crippen LogP contribution in [0, 0.1) is 34.0 Å². The van der Waals surface area contributed by atoms with E-state index in [9.17, 15) is 29.4 Å². The number of carbonyl (C=O) groups is 4. The van der Waals surface area contributed by atoms with E-state index in [4.69, 9.17) is 18.6 Å². The number of ether oxygens (including phenoxy) is 3. The van der Waals surface area contributed by atoms with E-state index in [1.807, 2.05) is 13.8 Å². The van der Waals surface area contributed by atoms with Crippen molar-refractivity contribution in [2.45, 2.75) is 84.7 Å². The lowest BCUT2D eigenvalue weighted by Gasteiger charge is -2.65. The quantitative estimate of drug-likeness (QED) is 0.375. The monoisotopic (exact) mass is 584 g/mol. The summed E-state index contributed by atoms with van der Waals surface area (Å²) in [6.07, 6.45) is 3.38. The summed E-state index contributed by atoms with van der Waals surface area (Å²) < 4.78 is 22.0. The molecule has 4 aliphatic rings. The molecule has 3 aliphatic carbocycles. The molecule has 2 heterocycles. The molecule has 1 aromatic rings. The van der Waals surface area contributed by atoms with Crippen LogP contribution in [0.15, 0.2) is 46.3 Å². The van der Waals surface area contributed by atoms with Gasteiger partial charge in [-0.1, -0.05) is 41.5 Å².